The Morgan fingerprint density at radius 2 is 2.05 bits per heavy atom. The molecule has 1 fully saturated rings. The summed E-state index contributed by atoms with van der Waals surface area (Å²) in [4.78, 5) is 22.8. The molecule has 0 spiro atoms. The lowest BCUT2D eigenvalue weighted by Crippen LogP contribution is -2.39. The fourth-order valence-electron chi connectivity index (χ4n) is 3.06. The Hall–Kier alpha value is -2.17. The molecular formula is C17H22N4O. The Morgan fingerprint density at radius 1 is 1.27 bits per heavy atom. The molecule has 0 bridgehead atoms. The van der Waals surface area contributed by atoms with E-state index in [1.54, 1.807) is 18.7 Å². The van der Waals surface area contributed by atoms with Crippen LogP contribution < -0.4 is 0 Å². The van der Waals surface area contributed by atoms with Gasteiger partial charge in [0.1, 0.15) is 12.1 Å². The predicted molar refractivity (Wildman–Crippen MR) is 84.9 cm³/mol. The third-order valence-corrected chi connectivity index (χ3v) is 4.62. The fourth-order valence-corrected chi connectivity index (χ4v) is 3.06. The van der Waals surface area contributed by atoms with Crippen LogP contribution in [-0.4, -0.2) is 38.4 Å². The zero-order chi connectivity index (χ0) is 15.5. The van der Waals surface area contributed by atoms with Crippen LogP contribution >= 0.6 is 0 Å². The quantitative estimate of drug-likeness (QED) is 0.875. The van der Waals surface area contributed by atoms with Gasteiger partial charge in [-0.05, 0) is 43.7 Å². The van der Waals surface area contributed by atoms with Crippen LogP contribution in [0.1, 0.15) is 43.0 Å². The summed E-state index contributed by atoms with van der Waals surface area (Å²) in [5.41, 5.74) is 0.644. The van der Waals surface area contributed by atoms with Crippen molar-refractivity contribution in [3.8, 4) is 5.82 Å². The molecule has 0 unspecified atom stereocenters. The molecule has 0 N–H and O–H groups in total. The SMILES string of the molecule is CC1CCC(N(C)C(=O)c2ccc(-n3ccnc3)nc2)CC1. The van der Waals surface area contributed by atoms with Gasteiger partial charge in [0, 0.05) is 31.7 Å². The van der Waals surface area contributed by atoms with E-state index in [-0.39, 0.29) is 5.91 Å². The molecule has 2 heterocycles. The number of rotatable bonds is 3. The molecule has 116 valence electrons. The number of imidazole rings is 1. The first kappa shape index (κ1) is 14.8. The van der Waals surface area contributed by atoms with Gasteiger partial charge in [-0.25, -0.2) is 9.97 Å². The lowest BCUT2D eigenvalue weighted by Gasteiger charge is -2.33. The lowest BCUT2D eigenvalue weighted by molar-refractivity contribution is 0.0679. The maximum absolute atomic E-state index is 12.6. The zero-order valence-corrected chi connectivity index (χ0v) is 13.1. The van der Waals surface area contributed by atoms with Crippen molar-refractivity contribution in [3.63, 3.8) is 0 Å². The molecule has 0 aromatic carbocycles. The number of pyridine rings is 1. The van der Waals surface area contributed by atoms with Crippen molar-refractivity contribution < 1.29 is 4.79 Å². The monoisotopic (exact) mass is 298 g/mol. The molecule has 1 saturated carbocycles. The van der Waals surface area contributed by atoms with Crippen LogP contribution in [0.25, 0.3) is 5.82 Å². The zero-order valence-electron chi connectivity index (χ0n) is 13.1. The van der Waals surface area contributed by atoms with Crippen LogP contribution in [0.15, 0.2) is 37.1 Å². The minimum Gasteiger partial charge on any atom is -0.339 e. The van der Waals surface area contributed by atoms with Crippen LogP contribution in [0.5, 0.6) is 0 Å². The van der Waals surface area contributed by atoms with Crippen molar-refractivity contribution in [2.45, 2.75) is 38.6 Å². The normalized spacial score (nSPS) is 21.5. The molecule has 1 amide bonds. The summed E-state index contributed by atoms with van der Waals surface area (Å²) in [7, 11) is 1.91. The maximum Gasteiger partial charge on any atom is 0.255 e. The van der Waals surface area contributed by atoms with Gasteiger partial charge in [0.05, 0.1) is 5.56 Å². The lowest BCUT2D eigenvalue weighted by atomic mass is 9.86. The Balaban J connectivity index is 1.69. The van der Waals surface area contributed by atoms with Crippen molar-refractivity contribution in [1.82, 2.24) is 19.4 Å². The van der Waals surface area contributed by atoms with Crippen LogP contribution in [-0.2, 0) is 0 Å². The molecule has 2 aromatic rings. The molecule has 1 aliphatic carbocycles. The first-order valence-electron chi connectivity index (χ1n) is 7.86. The Morgan fingerprint density at radius 3 is 2.64 bits per heavy atom. The second-order valence-corrected chi connectivity index (χ2v) is 6.20. The molecule has 3 rings (SSSR count). The van der Waals surface area contributed by atoms with Crippen molar-refractivity contribution in [2.75, 3.05) is 7.05 Å². The van der Waals surface area contributed by atoms with Gasteiger partial charge in [-0.15, -0.1) is 0 Å². The molecule has 22 heavy (non-hydrogen) atoms. The minimum atomic E-state index is 0.0595. The molecule has 0 saturated heterocycles. The van der Waals surface area contributed by atoms with E-state index >= 15 is 0 Å². The highest BCUT2D eigenvalue weighted by atomic mass is 16.2. The van der Waals surface area contributed by atoms with Gasteiger partial charge in [-0.3, -0.25) is 9.36 Å². The molecule has 2 aromatic heterocycles. The van der Waals surface area contributed by atoms with Gasteiger partial charge in [0.15, 0.2) is 0 Å². The van der Waals surface area contributed by atoms with Crippen molar-refractivity contribution in [2.24, 2.45) is 5.92 Å². The molecular weight excluding hydrogens is 276 g/mol. The number of nitrogens with zero attached hydrogens (tertiary/aromatic N) is 4. The smallest absolute Gasteiger partial charge is 0.255 e. The van der Waals surface area contributed by atoms with Gasteiger partial charge in [-0.1, -0.05) is 6.92 Å². The van der Waals surface area contributed by atoms with E-state index in [0.29, 0.717) is 11.6 Å². The Labute approximate surface area is 131 Å². The van der Waals surface area contributed by atoms with Crippen molar-refractivity contribution in [3.05, 3.63) is 42.6 Å². The van der Waals surface area contributed by atoms with E-state index in [2.05, 4.69) is 16.9 Å². The first-order chi connectivity index (χ1) is 10.6. The van der Waals surface area contributed by atoms with Crippen molar-refractivity contribution in [1.29, 1.82) is 0 Å². The summed E-state index contributed by atoms with van der Waals surface area (Å²) in [6.07, 6.45) is 11.5. The summed E-state index contributed by atoms with van der Waals surface area (Å²) < 4.78 is 1.82. The first-order valence-corrected chi connectivity index (χ1v) is 7.86. The highest BCUT2D eigenvalue weighted by molar-refractivity contribution is 5.94. The summed E-state index contributed by atoms with van der Waals surface area (Å²) in [6, 6.07) is 4.05. The Kier molecular flexibility index (Phi) is 4.22. The van der Waals surface area contributed by atoms with E-state index in [9.17, 15) is 4.79 Å². The fraction of sp³-hybridized carbons (Fsp3) is 0.471. The van der Waals surface area contributed by atoms with Gasteiger partial charge in [0.25, 0.3) is 5.91 Å². The molecule has 0 aliphatic heterocycles. The highest BCUT2D eigenvalue weighted by Gasteiger charge is 2.25. The van der Waals surface area contributed by atoms with Gasteiger partial charge in [-0.2, -0.15) is 0 Å². The number of aromatic nitrogens is 3. The Bertz CT molecular complexity index is 613. The number of carbonyl (C=O) groups excluding carboxylic acids is 1. The molecule has 5 nitrogen and oxygen atoms in total. The number of hydrogen-bond donors (Lipinski definition) is 0. The highest BCUT2D eigenvalue weighted by Crippen LogP contribution is 2.27. The van der Waals surface area contributed by atoms with Gasteiger partial charge in [0.2, 0.25) is 0 Å². The van der Waals surface area contributed by atoms with Crippen LogP contribution in [0.4, 0.5) is 0 Å². The number of amides is 1. The van der Waals surface area contributed by atoms with Crippen LogP contribution in [0, 0.1) is 5.92 Å². The molecule has 0 atom stereocenters. The van der Waals surface area contributed by atoms with E-state index < -0.39 is 0 Å². The van der Waals surface area contributed by atoms with E-state index in [1.165, 1.54) is 12.8 Å². The summed E-state index contributed by atoms with van der Waals surface area (Å²) in [6.45, 7) is 2.29. The minimum absolute atomic E-state index is 0.0595. The average Bonchev–Trinajstić information content (AvgIpc) is 3.09. The van der Waals surface area contributed by atoms with Crippen LogP contribution in [0.2, 0.25) is 0 Å². The number of carbonyl (C=O) groups is 1. The van der Waals surface area contributed by atoms with Crippen molar-refractivity contribution >= 4 is 5.91 Å². The van der Waals surface area contributed by atoms with E-state index in [0.717, 1.165) is 24.6 Å². The molecule has 1 aliphatic rings. The summed E-state index contributed by atoms with van der Waals surface area (Å²) in [5, 5.41) is 0. The second kappa shape index (κ2) is 6.30. The predicted octanol–water partition coefficient (Wildman–Crippen LogP) is 2.92. The summed E-state index contributed by atoms with van der Waals surface area (Å²) >= 11 is 0. The van der Waals surface area contributed by atoms with Gasteiger partial charge < -0.3 is 4.90 Å². The van der Waals surface area contributed by atoms with E-state index in [1.807, 2.05) is 34.8 Å². The standard InChI is InChI=1S/C17H22N4O/c1-13-3-6-15(7-4-13)20(2)17(22)14-5-8-16(19-11-14)21-10-9-18-12-21/h5,8-13,15H,3-4,6-7H2,1-2H3. The molecule has 5 heteroatoms. The third-order valence-electron chi connectivity index (χ3n) is 4.62. The second-order valence-electron chi connectivity index (χ2n) is 6.20. The van der Waals surface area contributed by atoms with E-state index in [4.69, 9.17) is 0 Å². The maximum atomic E-state index is 12.6. The third kappa shape index (κ3) is 3.03. The van der Waals surface area contributed by atoms with Gasteiger partial charge >= 0.3 is 0 Å². The van der Waals surface area contributed by atoms with Crippen LogP contribution in [0.3, 0.4) is 0 Å². The number of hydrogen-bond acceptors (Lipinski definition) is 3. The largest absolute Gasteiger partial charge is 0.339 e. The summed E-state index contributed by atoms with van der Waals surface area (Å²) in [5.74, 6) is 1.61. The topological polar surface area (TPSA) is 51.0 Å². The molecule has 0 radical (unpaired) electrons. The average molecular weight is 298 g/mol.